The first kappa shape index (κ1) is 14.6. The van der Waals surface area contributed by atoms with Gasteiger partial charge in [0.1, 0.15) is 22.5 Å². The predicted octanol–water partition coefficient (Wildman–Crippen LogP) is 3.94. The first-order valence-electron chi connectivity index (χ1n) is 6.32. The minimum Gasteiger partial charge on any atom is -0.496 e. The van der Waals surface area contributed by atoms with Crippen molar-refractivity contribution in [1.29, 1.82) is 0 Å². The van der Waals surface area contributed by atoms with Gasteiger partial charge in [-0.1, -0.05) is 31.5 Å². The van der Waals surface area contributed by atoms with Crippen molar-refractivity contribution in [3.63, 3.8) is 0 Å². The van der Waals surface area contributed by atoms with Crippen molar-refractivity contribution < 1.29 is 9.47 Å². The summed E-state index contributed by atoms with van der Waals surface area (Å²) < 4.78 is 10.8. The summed E-state index contributed by atoms with van der Waals surface area (Å²) in [7, 11) is 3.23. The Morgan fingerprint density at radius 3 is 2.15 bits per heavy atom. The van der Waals surface area contributed by atoms with E-state index >= 15 is 0 Å². The van der Waals surface area contributed by atoms with Crippen LogP contribution >= 0.6 is 11.6 Å². The average Bonchev–Trinajstić information content (AvgIpc) is 2.45. The highest BCUT2D eigenvalue weighted by atomic mass is 35.5. The van der Waals surface area contributed by atoms with Gasteiger partial charge in [0.15, 0.2) is 0 Å². The molecule has 0 fully saturated rings. The lowest BCUT2D eigenvalue weighted by atomic mass is 10.1. The van der Waals surface area contributed by atoms with E-state index in [1.807, 2.05) is 32.0 Å². The fraction of sp³-hybridized carbons (Fsp3) is 0.333. The van der Waals surface area contributed by atoms with Gasteiger partial charge in [0.05, 0.1) is 25.5 Å². The smallest absolute Gasteiger partial charge is 0.133 e. The van der Waals surface area contributed by atoms with E-state index in [9.17, 15) is 0 Å². The van der Waals surface area contributed by atoms with E-state index in [0.717, 1.165) is 5.56 Å². The maximum absolute atomic E-state index is 6.10. The maximum Gasteiger partial charge on any atom is 0.133 e. The van der Waals surface area contributed by atoms with Crippen molar-refractivity contribution in [3.05, 3.63) is 35.2 Å². The molecule has 0 aliphatic heterocycles. The first-order chi connectivity index (χ1) is 9.56. The molecule has 1 aromatic carbocycles. The largest absolute Gasteiger partial charge is 0.496 e. The van der Waals surface area contributed by atoms with E-state index in [-0.39, 0.29) is 5.92 Å². The van der Waals surface area contributed by atoms with Gasteiger partial charge in [-0.2, -0.15) is 0 Å². The molecule has 4 nitrogen and oxygen atoms in total. The lowest BCUT2D eigenvalue weighted by Gasteiger charge is -2.14. The molecule has 0 aliphatic carbocycles. The third kappa shape index (κ3) is 2.85. The summed E-state index contributed by atoms with van der Waals surface area (Å²) in [5.41, 5.74) is 1.48. The van der Waals surface area contributed by atoms with Gasteiger partial charge in [0, 0.05) is 12.0 Å². The Bertz CT molecular complexity index is 593. The van der Waals surface area contributed by atoms with Crippen LogP contribution in [-0.4, -0.2) is 24.2 Å². The molecule has 5 heteroatoms. The van der Waals surface area contributed by atoms with Crippen LogP contribution in [0.3, 0.4) is 0 Å². The Morgan fingerprint density at radius 2 is 1.65 bits per heavy atom. The molecule has 0 aliphatic rings. The van der Waals surface area contributed by atoms with Crippen LogP contribution in [-0.2, 0) is 0 Å². The van der Waals surface area contributed by atoms with Gasteiger partial charge in [-0.25, -0.2) is 9.97 Å². The van der Waals surface area contributed by atoms with Crippen molar-refractivity contribution in [2.45, 2.75) is 19.8 Å². The summed E-state index contributed by atoms with van der Waals surface area (Å²) in [5, 5.41) is 0.409. The lowest BCUT2D eigenvalue weighted by molar-refractivity contribution is 0.397. The molecule has 0 radical (unpaired) electrons. The van der Waals surface area contributed by atoms with Crippen molar-refractivity contribution in [2.24, 2.45) is 0 Å². The van der Waals surface area contributed by atoms with Crippen molar-refractivity contribution in [3.8, 4) is 22.8 Å². The summed E-state index contributed by atoms with van der Waals surface area (Å²) in [5.74, 6) is 2.26. The molecule has 20 heavy (non-hydrogen) atoms. The number of nitrogens with zero attached hydrogens (tertiary/aromatic N) is 2. The molecule has 0 bridgehead atoms. The molecule has 0 saturated carbocycles. The van der Waals surface area contributed by atoms with Crippen LogP contribution in [0.4, 0.5) is 0 Å². The van der Waals surface area contributed by atoms with Gasteiger partial charge in [-0.05, 0) is 12.1 Å². The van der Waals surface area contributed by atoms with Crippen LogP contribution in [0.15, 0.2) is 24.3 Å². The van der Waals surface area contributed by atoms with Gasteiger partial charge in [-0.3, -0.25) is 0 Å². The summed E-state index contributed by atoms with van der Waals surface area (Å²) in [6.07, 6.45) is 0. The number of benzene rings is 1. The molecule has 106 valence electrons. The van der Waals surface area contributed by atoms with Crippen LogP contribution in [0, 0.1) is 0 Å². The highest BCUT2D eigenvalue weighted by Crippen LogP contribution is 2.38. The quantitative estimate of drug-likeness (QED) is 0.801. The third-order valence-corrected chi connectivity index (χ3v) is 3.11. The zero-order valence-electron chi connectivity index (χ0n) is 12.0. The molecule has 0 saturated heterocycles. The Morgan fingerprint density at radius 1 is 1.05 bits per heavy atom. The Kier molecular flexibility index (Phi) is 4.45. The molecule has 1 aromatic heterocycles. The normalized spacial score (nSPS) is 10.7. The number of rotatable bonds is 4. The van der Waals surface area contributed by atoms with Crippen molar-refractivity contribution in [1.82, 2.24) is 9.97 Å². The molecule has 0 unspecified atom stereocenters. The number of hydrogen-bond acceptors (Lipinski definition) is 4. The molecule has 1 heterocycles. The molecule has 0 amide bonds. The Balaban J connectivity index is 2.67. The second kappa shape index (κ2) is 6.09. The van der Waals surface area contributed by atoms with Crippen LogP contribution in [0.2, 0.25) is 5.15 Å². The van der Waals surface area contributed by atoms with E-state index in [1.165, 1.54) is 0 Å². The van der Waals surface area contributed by atoms with Gasteiger partial charge in [-0.15, -0.1) is 0 Å². The third-order valence-electron chi connectivity index (χ3n) is 2.91. The Hall–Kier alpha value is -1.81. The van der Waals surface area contributed by atoms with Gasteiger partial charge in [0.2, 0.25) is 0 Å². The first-order valence-corrected chi connectivity index (χ1v) is 6.70. The summed E-state index contributed by atoms with van der Waals surface area (Å²) in [6, 6.07) is 7.31. The number of ether oxygens (including phenoxy) is 2. The predicted molar refractivity (Wildman–Crippen MR) is 79.7 cm³/mol. The summed E-state index contributed by atoms with van der Waals surface area (Å²) >= 11 is 6.10. The SMILES string of the molecule is COc1cccc(OC)c1-c1cc(Cl)nc(C(C)C)n1. The summed E-state index contributed by atoms with van der Waals surface area (Å²) in [4.78, 5) is 8.81. The fourth-order valence-corrected chi connectivity index (χ4v) is 2.12. The molecule has 0 atom stereocenters. The van der Waals surface area contributed by atoms with Gasteiger partial charge < -0.3 is 9.47 Å². The minimum atomic E-state index is 0.188. The van der Waals surface area contributed by atoms with E-state index < -0.39 is 0 Å². The van der Waals surface area contributed by atoms with Crippen LogP contribution in [0.1, 0.15) is 25.6 Å². The second-order valence-electron chi connectivity index (χ2n) is 4.63. The van der Waals surface area contributed by atoms with Gasteiger partial charge in [0.25, 0.3) is 0 Å². The van der Waals surface area contributed by atoms with Crippen molar-refractivity contribution >= 4 is 11.6 Å². The minimum absolute atomic E-state index is 0.188. The lowest BCUT2D eigenvalue weighted by Crippen LogP contribution is -2.01. The molecular weight excluding hydrogens is 276 g/mol. The maximum atomic E-state index is 6.10. The number of halogens is 1. The van der Waals surface area contributed by atoms with E-state index in [1.54, 1.807) is 20.3 Å². The molecule has 2 aromatic rings. The van der Waals surface area contributed by atoms with E-state index in [0.29, 0.717) is 28.2 Å². The number of hydrogen-bond donors (Lipinski definition) is 0. The van der Waals surface area contributed by atoms with E-state index in [2.05, 4.69) is 9.97 Å². The standard InChI is InChI=1S/C15H17ClN2O2/c1-9(2)15-17-10(8-13(16)18-15)14-11(19-3)6-5-7-12(14)20-4/h5-9H,1-4H3. The molecule has 2 rings (SSSR count). The molecule has 0 N–H and O–H groups in total. The highest BCUT2D eigenvalue weighted by molar-refractivity contribution is 6.29. The zero-order valence-corrected chi connectivity index (χ0v) is 12.7. The highest BCUT2D eigenvalue weighted by Gasteiger charge is 2.16. The van der Waals surface area contributed by atoms with Gasteiger partial charge >= 0.3 is 0 Å². The second-order valence-corrected chi connectivity index (χ2v) is 5.01. The van der Waals surface area contributed by atoms with Crippen molar-refractivity contribution in [2.75, 3.05) is 14.2 Å². The van der Waals surface area contributed by atoms with Crippen LogP contribution in [0.25, 0.3) is 11.3 Å². The number of methoxy groups -OCH3 is 2. The van der Waals surface area contributed by atoms with E-state index in [4.69, 9.17) is 21.1 Å². The van der Waals surface area contributed by atoms with Crippen LogP contribution < -0.4 is 9.47 Å². The van der Waals surface area contributed by atoms with Crippen LogP contribution in [0.5, 0.6) is 11.5 Å². The molecular formula is C15H17ClN2O2. The zero-order chi connectivity index (χ0) is 14.7. The number of aromatic nitrogens is 2. The average molecular weight is 293 g/mol. The monoisotopic (exact) mass is 292 g/mol. The topological polar surface area (TPSA) is 44.2 Å². The Labute approximate surface area is 123 Å². The molecule has 0 spiro atoms. The summed E-state index contributed by atoms with van der Waals surface area (Å²) in [6.45, 7) is 4.05. The fourth-order valence-electron chi connectivity index (χ4n) is 1.93.